The van der Waals surface area contributed by atoms with Gasteiger partial charge in [0.1, 0.15) is 0 Å². The Morgan fingerprint density at radius 3 is 2.71 bits per heavy atom. The van der Waals surface area contributed by atoms with Crippen LogP contribution in [0.25, 0.3) is 0 Å². The first kappa shape index (κ1) is 18.6. The molecule has 0 spiro atoms. The lowest BCUT2D eigenvalue weighted by molar-refractivity contribution is -0.136. The van der Waals surface area contributed by atoms with Crippen molar-refractivity contribution < 1.29 is 19.5 Å². The predicted molar refractivity (Wildman–Crippen MR) is 106 cm³/mol. The number of aryl methyl sites for hydroxylation is 1. The van der Waals surface area contributed by atoms with Gasteiger partial charge in [-0.3, -0.25) is 14.4 Å². The molecule has 28 heavy (non-hydrogen) atoms. The summed E-state index contributed by atoms with van der Waals surface area (Å²) in [5.74, 6) is -1.32. The molecule has 0 saturated carbocycles. The molecule has 146 valence electrons. The number of amides is 3. The van der Waals surface area contributed by atoms with Gasteiger partial charge in [-0.1, -0.05) is 0 Å². The molecule has 1 atom stereocenters. The van der Waals surface area contributed by atoms with E-state index in [1.54, 1.807) is 0 Å². The van der Waals surface area contributed by atoms with Crippen LogP contribution in [0.5, 0.6) is 0 Å². The molecule has 0 fully saturated rings. The van der Waals surface area contributed by atoms with Gasteiger partial charge in [0.15, 0.2) is 0 Å². The van der Waals surface area contributed by atoms with Crippen LogP contribution in [-0.2, 0) is 27.2 Å². The summed E-state index contributed by atoms with van der Waals surface area (Å²) in [6, 6.07) is 5.51. The monoisotopic (exact) mass is 399 g/mol. The highest BCUT2D eigenvalue weighted by atomic mass is 32.1. The van der Waals surface area contributed by atoms with E-state index < -0.39 is 17.9 Å². The number of rotatable bonds is 5. The summed E-state index contributed by atoms with van der Waals surface area (Å²) in [5.41, 5.74) is 4.41. The van der Waals surface area contributed by atoms with E-state index in [9.17, 15) is 19.5 Å². The first-order valence-electron chi connectivity index (χ1n) is 9.28. The molecule has 1 aromatic heterocycles. The fraction of sp³-hybridized carbons (Fsp3) is 0.350. The maximum Gasteiger partial charge on any atom is 0.313 e. The van der Waals surface area contributed by atoms with E-state index >= 15 is 0 Å². The van der Waals surface area contributed by atoms with Crippen molar-refractivity contribution in [2.24, 2.45) is 0 Å². The van der Waals surface area contributed by atoms with E-state index in [1.807, 2.05) is 33.9 Å². The van der Waals surface area contributed by atoms with E-state index in [1.165, 1.54) is 11.3 Å². The lowest BCUT2D eigenvalue weighted by Gasteiger charge is -2.25. The molecule has 0 unspecified atom stereocenters. The van der Waals surface area contributed by atoms with Crippen molar-refractivity contribution in [3.8, 4) is 0 Å². The highest BCUT2D eigenvalue weighted by Gasteiger charge is 2.31. The molecule has 1 aromatic carbocycles. The number of anilines is 2. The number of carbonyl (C=O) groups is 3. The highest BCUT2D eigenvalue weighted by molar-refractivity contribution is 7.07. The Bertz CT molecular complexity index is 926. The quantitative estimate of drug-likeness (QED) is 0.667. The number of carbonyl (C=O) groups excluding carboxylic acids is 3. The van der Waals surface area contributed by atoms with Crippen molar-refractivity contribution in [2.75, 3.05) is 23.3 Å². The second kappa shape index (κ2) is 7.73. The number of hydrogen-bond donors (Lipinski definition) is 3. The van der Waals surface area contributed by atoms with Crippen LogP contribution in [0.1, 0.15) is 35.6 Å². The SMILES string of the molecule is O=C(NCC[C@@H](O)c1ccsc1)C(=O)Nc1cc2c3c(c1)CCN3C(=O)CC2. The zero-order valence-electron chi connectivity index (χ0n) is 15.2. The third-order valence-corrected chi connectivity index (χ3v) is 5.85. The second-order valence-electron chi connectivity index (χ2n) is 7.01. The van der Waals surface area contributed by atoms with Crippen molar-refractivity contribution in [2.45, 2.75) is 31.8 Å². The van der Waals surface area contributed by atoms with Crippen LogP contribution in [-0.4, -0.2) is 35.9 Å². The summed E-state index contributed by atoms with van der Waals surface area (Å²) in [4.78, 5) is 38.0. The smallest absolute Gasteiger partial charge is 0.313 e. The largest absolute Gasteiger partial charge is 0.388 e. The molecule has 0 radical (unpaired) electrons. The zero-order chi connectivity index (χ0) is 19.7. The summed E-state index contributed by atoms with van der Waals surface area (Å²) in [6.07, 6.45) is 1.54. The van der Waals surface area contributed by atoms with Gasteiger partial charge < -0.3 is 20.6 Å². The molecule has 7 nitrogen and oxygen atoms in total. The molecule has 2 aromatic rings. The molecule has 0 aliphatic carbocycles. The summed E-state index contributed by atoms with van der Waals surface area (Å²) in [6.45, 7) is 0.876. The van der Waals surface area contributed by atoms with Crippen molar-refractivity contribution in [1.29, 1.82) is 0 Å². The van der Waals surface area contributed by atoms with Crippen LogP contribution in [0.15, 0.2) is 29.0 Å². The number of aliphatic hydroxyl groups excluding tert-OH is 1. The maximum absolute atomic E-state index is 12.2. The molecule has 0 saturated heterocycles. The fourth-order valence-corrected chi connectivity index (χ4v) is 4.46. The molecule has 3 amide bonds. The molecule has 3 heterocycles. The van der Waals surface area contributed by atoms with Crippen molar-refractivity contribution >= 4 is 40.4 Å². The Kier molecular flexibility index (Phi) is 5.15. The first-order valence-corrected chi connectivity index (χ1v) is 10.2. The number of nitrogens with one attached hydrogen (secondary N) is 2. The third-order valence-electron chi connectivity index (χ3n) is 5.15. The van der Waals surface area contributed by atoms with Gasteiger partial charge in [-0.15, -0.1) is 0 Å². The highest BCUT2D eigenvalue weighted by Crippen LogP contribution is 2.38. The van der Waals surface area contributed by atoms with Gasteiger partial charge in [0.25, 0.3) is 0 Å². The van der Waals surface area contributed by atoms with Crippen LogP contribution < -0.4 is 15.5 Å². The standard InChI is InChI=1S/C20H21N3O4S/c24-16(14-5-8-28-11-14)3-6-21-19(26)20(27)22-15-9-12-1-2-17(25)23-7-4-13(10-15)18(12)23/h5,8-11,16,24H,1-4,6-7H2,(H,21,26)(H,22,27)/t16-/m1/s1. The number of thiophene rings is 1. The van der Waals surface area contributed by atoms with Gasteiger partial charge >= 0.3 is 11.8 Å². The summed E-state index contributed by atoms with van der Waals surface area (Å²) >= 11 is 1.50. The Morgan fingerprint density at radius 2 is 1.96 bits per heavy atom. The van der Waals surface area contributed by atoms with Crippen molar-refractivity contribution in [3.63, 3.8) is 0 Å². The van der Waals surface area contributed by atoms with Crippen LogP contribution in [0.3, 0.4) is 0 Å². The van der Waals surface area contributed by atoms with E-state index in [2.05, 4.69) is 10.6 Å². The maximum atomic E-state index is 12.2. The van der Waals surface area contributed by atoms with Gasteiger partial charge in [-0.2, -0.15) is 11.3 Å². The minimum atomic E-state index is -0.737. The molecule has 2 aliphatic heterocycles. The van der Waals surface area contributed by atoms with Crippen LogP contribution in [0.4, 0.5) is 11.4 Å². The number of nitrogens with zero attached hydrogens (tertiary/aromatic N) is 1. The number of aliphatic hydroxyl groups is 1. The molecule has 2 aliphatic rings. The van der Waals surface area contributed by atoms with Gasteiger partial charge in [0, 0.05) is 25.2 Å². The van der Waals surface area contributed by atoms with Gasteiger partial charge in [-0.05, 0) is 64.9 Å². The van der Waals surface area contributed by atoms with Crippen molar-refractivity contribution in [3.05, 3.63) is 45.6 Å². The van der Waals surface area contributed by atoms with Crippen LogP contribution >= 0.6 is 11.3 Å². The van der Waals surface area contributed by atoms with E-state index in [0.29, 0.717) is 31.5 Å². The zero-order valence-corrected chi connectivity index (χ0v) is 16.1. The Labute approximate surface area is 166 Å². The Balaban J connectivity index is 1.34. The average molecular weight is 399 g/mol. The molecular weight excluding hydrogens is 378 g/mol. The summed E-state index contributed by atoms with van der Waals surface area (Å²) in [7, 11) is 0. The molecule has 4 rings (SSSR count). The third kappa shape index (κ3) is 3.65. The van der Waals surface area contributed by atoms with Gasteiger partial charge in [0.2, 0.25) is 5.91 Å². The van der Waals surface area contributed by atoms with Crippen LogP contribution in [0, 0.1) is 0 Å². The Morgan fingerprint density at radius 1 is 1.18 bits per heavy atom. The second-order valence-corrected chi connectivity index (χ2v) is 7.79. The fourth-order valence-electron chi connectivity index (χ4n) is 3.75. The molecule has 8 heteroatoms. The van der Waals surface area contributed by atoms with Gasteiger partial charge in [0.05, 0.1) is 11.8 Å². The summed E-state index contributed by atoms with van der Waals surface area (Å²) < 4.78 is 0. The van der Waals surface area contributed by atoms with E-state index in [4.69, 9.17) is 0 Å². The minimum Gasteiger partial charge on any atom is -0.388 e. The Hall–Kier alpha value is -2.71. The van der Waals surface area contributed by atoms with E-state index in [-0.39, 0.29) is 12.5 Å². The normalized spacial score (nSPS) is 15.9. The molecule has 3 N–H and O–H groups in total. The molecular formula is C20H21N3O4S. The molecule has 0 bridgehead atoms. The minimum absolute atomic E-state index is 0.145. The number of hydrogen-bond acceptors (Lipinski definition) is 5. The topological polar surface area (TPSA) is 98.7 Å². The summed E-state index contributed by atoms with van der Waals surface area (Å²) in [5, 5.41) is 18.9. The van der Waals surface area contributed by atoms with Gasteiger partial charge in [-0.25, -0.2) is 0 Å². The van der Waals surface area contributed by atoms with E-state index in [0.717, 1.165) is 28.8 Å². The van der Waals surface area contributed by atoms with Crippen molar-refractivity contribution in [1.82, 2.24) is 5.32 Å². The predicted octanol–water partition coefficient (Wildman–Crippen LogP) is 1.76. The van der Waals surface area contributed by atoms with Crippen LogP contribution in [0.2, 0.25) is 0 Å². The average Bonchev–Trinajstić information content (AvgIpc) is 3.35. The lowest BCUT2D eigenvalue weighted by atomic mass is 9.98. The lowest BCUT2D eigenvalue weighted by Crippen LogP contribution is -2.36. The number of benzene rings is 1. The first-order chi connectivity index (χ1) is 13.5.